The van der Waals surface area contributed by atoms with Crippen molar-refractivity contribution in [2.45, 2.75) is 42.7 Å². The quantitative estimate of drug-likeness (QED) is 0.811. The number of amides is 1. The number of benzene rings is 1. The van der Waals surface area contributed by atoms with Crippen LogP contribution in [-0.2, 0) is 4.79 Å². The van der Waals surface area contributed by atoms with E-state index >= 15 is 0 Å². The summed E-state index contributed by atoms with van der Waals surface area (Å²) in [5, 5.41) is 4.34. The van der Waals surface area contributed by atoms with Crippen LogP contribution in [0.2, 0.25) is 10.0 Å². The van der Waals surface area contributed by atoms with Crippen molar-refractivity contribution in [1.82, 2.24) is 10.2 Å². The molecule has 1 saturated heterocycles. The molecular formula is C16H20Cl2N2OS. The first-order valence-corrected chi connectivity index (χ1v) is 9.48. The summed E-state index contributed by atoms with van der Waals surface area (Å²) in [6, 6.07) is 6.53. The molecule has 1 aromatic carbocycles. The average molecular weight is 359 g/mol. The van der Waals surface area contributed by atoms with Gasteiger partial charge in [-0.2, -0.15) is 0 Å². The van der Waals surface area contributed by atoms with E-state index in [1.54, 1.807) is 12.1 Å². The lowest BCUT2D eigenvalue weighted by Gasteiger charge is -2.32. The number of carbonyl (C=O) groups excluding carboxylic acids is 1. The highest BCUT2D eigenvalue weighted by atomic mass is 35.5. The van der Waals surface area contributed by atoms with Crippen LogP contribution in [0.5, 0.6) is 0 Å². The molecule has 0 radical (unpaired) electrons. The van der Waals surface area contributed by atoms with Gasteiger partial charge in [0.15, 0.2) is 0 Å². The zero-order valence-electron chi connectivity index (χ0n) is 12.4. The average Bonchev–Trinajstić information content (AvgIpc) is 3.32. The molecule has 1 saturated carbocycles. The minimum atomic E-state index is 0.0610. The monoisotopic (exact) mass is 358 g/mol. The van der Waals surface area contributed by atoms with E-state index in [0.717, 1.165) is 36.9 Å². The van der Waals surface area contributed by atoms with Gasteiger partial charge in [0.25, 0.3) is 0 Å². The number of rotatable bonds is 5. The van der Waals surface area contributed by atoms with Gasteiger partial charge >= 0.3 is 0 Å². The Morgan fingerprint density at radius 3 is 2.41 bits per heavy atom. The summed E-state index contributed by atoms with van der Waals surface area (Å²) in [7, 11) is 0. The predicted molar refractivity (Wildman–Crippen MR) is 92.9 cm³/mol. The van der Waals surface area contributed by atoms with E-state index in [-0.39, 0.29) is 5.91 Å². The number of halogens is 2. The van der Waals surface area contributed by atoms with Crippen LogP contribution in [0.4, 0.5) is 0 Å². The van der Waals surface area contributed by atoms with Gasteiger partial charge < -0.3 is 10.2 Å². The topological polar surface area (TPSA) is 32.3 Å². The number of hydrogen-bond acceptors (Lipinski definition) is 3. The lowest BCUT2D eigenvalue weighted by Crippen LogP contribution is -2.45. The van der Waals surface area contributed by atoms with E-state index in [2.05, 4.69) is 10.2 Å². The lowest BCUT2D eigenvalue weighted by molar-refractivity contribution is -0.119. The van der Waals surface area contributed by atoms with Gasteiger partial charge in [-0.05, 0) is 37.8 Å². The maximum absolute atomic E-state index is 12.1. The number of nitrogens with one attached hydrogen (secondary N) is 1. The Labute approximate surface area is 145 Å². The predicted octanol–water partition coefficient (Wildman–Crippen LogP) is 3.83. The summed E-state index contributed by atoms with van der Waals surface area (Å²) >= 11 is 13.6. The SMILES string of the molecule is O=C(CSc1c(Cl)cccc1Cl)NC1CCN(C2CC2)CC1. The van der Waals surface area contributed by atoms with Crippen LogP contribution in [-0.4, -0.2) is 41.7 Å². The van der Waals surface area contributed by atoms with Crippen LogP contribution in [0.3, 0.4) is 0 Å². The van der Waals surface area contributed by atoms with E-state index in [1.807, 2.05) is 6.07 Å². The van der Waals surface area contributed by atoms with Crippen LogP contribution in [0.1, 0.15) is 25.7 Å². The van der Waals surface area contributed by atoms with E-state index in [0.29, 0.717) is 21.8 Å². The summed E-state index contributed by atoms with van der Waals surface area (Å²) in [5.74, 6) is 0.414. The smallest absolute Gasteiger partial charge is 0.230 e. The molecule has 1 amide bonds. The van der Waals surface area contributed by atoms with Crippen molar-refractivity contribution in [3.8, 4) is 0 Å². The fourth-order valence-electron chi connectivity index (χ4n) is 2.88. The number of nitrogens with zero attached hydrogens (tertiary/aromatic N) is 1. The first-order chi connectivity index (χ1) is 10.6. The standard InChI is InChI=1S/C16H20Cl2N2OS/c17-13-2-1-3-14(18)16(13)22-10-15(21)19-11-6-8-20(9-7-11)12-4-5-12/h1-3,11-12H,4-10H2,(H,19,21). The molecule has 1 aliphatic heterocycles. The highest BCUT2D eigenvalue weighted by Gasteiger charge is 2.32. The molecule has 2 fully saturated rings. The molecule has 0 spiro atoms. The fraction of sp³-hybridized carbons (Fsp3) is 0.562. The Balaban J connectivity index is 1.43. The Bertz CT molecular complexity index is 523. The third kappa shape index (κ3) is 4.31. The molecule has 22 heavy (non-hydrogen) atoms. The molecule has 120 valence electrons. The normalized spacial score (nSPS) is 20.1. The second kappa shape index (κ2) is 7.43. The number of piperidine rings is 1. The first-order valence-electron chi connectivity index (χ1n) is 7.73. The lowest BCUT2D eigenvalue weighted by atomic mass is 10.1. The van der Waals surface area contributed by atoms with Gasteiger partial charge in [0.1, 0.15) is 0 Å². The Hall–Kier alpha value is -0.420. The number of hydrogen-bond donors (Lipinski definition) is 1. The second-order valence-electron chi connectivity index (χ2n) is 5.95. The number of likely N-dealkylation sites (tertiary alicyclic amines) is 1. The van der Waals surface area contributed by atoms with Crippen molar-refractivity contribution in [2.75, 3.05) is 18.8 Å². The van der Waals surface area contributed by atoms with Crippen molar-refractivity contribution in [2.24, 2.45) is 0 Å². The highest BCUT2D eigenvalue weighted by Crippen LogP contribution is 2.33. The first kappa shape index (κ1) is 16.4. The maximum atomic E-state index is 12.1. The molecule has 3 nitrogen and oxygen atoms in total. The molecule has 0 unspecified atom stereocenters. The van der Waals surface area contributed by atoms with Crippen molar-refractivity contribution < 1.29 is 4.79 Å². The molecule has 0 aromatic heterocycles. The minimum absolute atomic E-state index is 0.0610. The largest absolute Gasteiger partial charge is 0.353 e. The third-order valence-electron chi connectivity index (χ3n) is 4.22. The molecule has 1 aliphatic carbocycles. The third-order valence-corrected chi connectivity index (χ3v) is 6.21. The molecule has 1 heterocycles. The van der Waals surface area contributed by atoms with E-state index in [1.165, 1.54) is 24.6 Å². The maximum Gasteiger partial charge on any atom is 0.230 e. The van der Waals surface area contributed by atoms with Gasteiger partial charge in [0, 0.05) is 30.1 Å². The molecule has 3 rings (SSSR count). The molecule has 0 atom stereocenters. The zero-order valence-corrected chi connectivity index (χ0v) is 14.7. The molecule has 1 aromatic rings. The Morgan fingerprint density at radius 2 is 1.82 bits per heavy atom. The molecular weight excluding hydrogens is 339 g/mol. The number of thioether (sulfide) groups is 1. The summed E-state index contributed by atoms with van der Waals surface area (Å²) in [6.45, 7) is 2.22. The van der Waals surface area contributed by atoms with Crippen LogP contribution in [0.25, 0.3) is 0 Å². The van der Waals surface area contributed by atoms with Crippen LogP contribution >= 0.6 is 35.0 Å². The van der Waals surface area contributed by atoms with Gasteiger partial charge in [0.05, 0.1) is 15.8 Å². The van der Waals surface area contributed by atoms with Gasteiger partial charge in [-0.15, -0.1) is 11.8 Å². The van der Waals surface area contributed by atoms with Crippen molar-refractivity contribution in [3.05, 3.63) is 28.2 Å². The molecule has 2 aliphatic rings. The van der Waals surface area contributed by atoms with Crippen LogP contribution < -0.4 is 5.32 Å². The zero-order chi connectivity index (χ0) is 15.5. The van der Waals surface area contributed by atoms with Gasteiger partial charge in [-0.25, -0.2) is 0 Å². The van der Waals surface area contributed by atoms with Gasteiger partial charge in [-0.3, -0.25) is 4.79 Å². The van der Waals surface area contributed by atoms with Crippen molar-refractivity contribution in [3.63, 3.8) is 0 Å². The summed E-state index contributed by atoms with van der Waals surface area (Å²) < 4.78 is 0. The van der Waals surface area contributed by atoms with E-state index in [4.69, 9.17) is 23.2 Å². The summed E-state index contributed by atoms with van der Waals surface area (Å²) in [6.07, 6.45) is 4.82. The van der Waals surface area contributed by atoms with Gasteiger partial charge in [0.2, 0.25) is 5.91 Å². The second-order valence-corrected chi connectivity index (χ2v) is 7.75. The van der Waals surface area contributed by atoms with Crippen molar-refractivity contribution >= 4 is 40.9 Å². The van der Waals surface area contributed by atoms with Crippen molar-refractivity contribution in [1.29, 1.82) is 0 Å². The Morgan fingerprint density at radius 1 is 1.18 bits per heavy atom. The van der Waals surface area contributed by atoms with E-state index < -0.39 is 0 Å². The Kier molecular flexibility index (Phi) is 5.55. The summed E-state index contributed by atoms with van der Waals surface area (Å²) in [4.78, 5) is 15.4. The highest BCUT2D eigenvalue weighted by molar-refractivity contribution is 8.00. The molecule has 6 heteroatoms. The molecule has 1 N–H and O–H groups in total. The van der Waals surface area contributed by atoms with Crippen LogP contribution in [0, 0.1) is 0 Å². The minimum Gasteiger partial charge on any atom is -0.353 e. The molecule has 0 bridgehead atoms. The van der Waals surface area contributed by atoms with Crippen LogP contribution in [0.15, 0.2) is 23.1 Å². The van der Waals surface area contributed by atoms with Gasteiger partial charge in [-0.1, -0.05) is 29.3 Å². The summed E-state index contributed by atoms with van der Waals surface area (Å²) in [5.41, 5.74) is 0. The fourth-order valence-corrected chi connectivity index (χ4v) is 4.37. The number of carbonyl (C=O) groups is 1. The van der Waals surface area contributed by atoms with E-state index in [9.17, 15) is 4.79 Å².